The maximum atomic E-state index is 10.7. The lowest BCUT2D eigenvalue weighted by Gasteiger charge is -2.00. The van der Waals surface area contributed by atoms with Crippen LogP contribution in [0.5, 0.6) is 0 Å². The van der Waals surface area contributed by atoms with Gasteiger partial charge in [-0.2, -0.15) is 0 Å². The molecule has 0 fully saturated rings. The van der Waals surface area contributed by atoms with Crippen molar-refractivity contribution in [2.24, 2.45) is 0 Å². The summed E-state index contributed by atoms with van der Waals surface area (Å²) in [5.41, 5.74) is 0. The molecule has 0 atom stereocenters. The van der Waals surface area contributed by atoms with Gasteiger partial charge in [0.2, 0.25) is 11.6 Å². The maximum Gasteiger partial charge on any atom is 0.215 e. The number of carbonyl (C=O) groups excluding carboxylic acids is 4. The van der Waals surface area contributed by atoms with E-state index in [2.05, 4.69) is 0 Å². The van der Waals surface area contributed by atoms with Gasteiger partial charge in [-0.1, -0.05) is 46.4 Å². The largest absolute Gasteiger partial charge is 0.290 e. The summed E-state index contributed by atoms with van der Waals surface area (Å²) < 4.78 is 0. The SMILES string of the molecule is O=C1C=C(Cl)C(=O)C(Cl)=C1.O=C1C=C(Cl)C(=O)C(Cl)=C1. The van der Waals surface area contributed by atoms with Gasteiger partial charge in [0.1, 0.15) is 0 Å². The van der Waals surface area contributed by atoms with Crippen molar-refractivity contribution in [1.82, 2.24) is 0 Å². The van der Waals surface area contributed by atoms with E-state index in [0.29, 0.717) is 0 Å². The standard InChI is InChI=1S/2C6H2Cl2O2/c2*7-4-1-3(9)2-5(8)6(4)10/h2*1-2H. The molecule has 0 unspecified atom stereocenters. The smallest absolute Gasteiger partial charge is 0.215 e. The number of hydrogen-bond acceptors (Lipinski definition) is 4. The Hall–Kier alpha value is -1.20. The lowest BCUT2D eigenvalue weighted by molar-refractivity contribution is -0.114. The number of rotatable bonds is 0. The lowest BCUT2D eigenvalue weighted by atomic mass is 10.2. The molecule has 0 N–H and O–H groups in total. The van der Waals surface area contributed by atoms with E-state index in [1.54, 1.807) is 0 Å². The molecule has 8 heteroatoms. The van der Waals surface area contributed by atoms with Crippen LogP contribution in [0.15, 0.2) is 44.4 Å². The van der Waals surface area contributed by atoms with Crippen molar-refractivity contribution in [3.05, 3.63) is 44.4 Å². The quantitative estimate of drug-likeness (QED) is 0.628. The maximum absolute atomic E-state index is 10.7. The normalized spacial score (nSPS) is 18.6. The summed E-state index contributed by atoms with van der Waals surface area (Å²) in [5.74, 6) is -1.70. The highest BCUT2D eigenvalue weighted by molar-refractivity contribution is 6.58. The van der Waals surface area contributed by atoms with Gasteiger partial charge in [-0.05, 0) is 0 Å². The van der Waals surface area contributed by atoms with Crippen molar-refractivity contribution < 1.29 is 19.2 Å². The average Bonchev–Trinajstić information content (AvgIpc) is 2.33. The molecule has 104 valence electrons. The molecule has 4 nitrogen and oxygen atoms in total. The minimum Gasteiger partial charge on any atom is -0.290 e. The third kappa shape index (κ3) is 4.42. The van der Waals surface area contributed by atoms with Gasteiger partial charge >= 0.3 is 0 Å². The van der Waals surface area contributed by atoms with E-state index in [4.69, 9.17) is 46.4 Å². The number of carbonyl (C=O) groups is 4. The fourth-order valence-corrected chi connectivity index (χ4v) is 2.01. The zero-order valence-corrected chi connectivity index (χ0v) is 12.5. The van der Waals surface area contributed by atoms with Crippen LogP contribution in [0.3, 0.4) is 0 Å². The van der Waals surface area contributed by atoms with Crippen molar-refractivity contribution in [1.29, 1.82) is 0 Å². The van der Waals surface area contributed by atoms with Crippen molar-refractivity contribution in [2.75, 3.05) is 0 Å². The summed E-state index contributed by atoms with van der Waals surface area (Å²) in [6.45, 7) is 0. The Labute approximate surface area is 133 Å². The predicted octanol–water partition coefficient (Wildman–Crippen LogP) is 2.77. The van der Waals surface area contributed by atoms with Gasteiger partial charge in [0, 0.05) is 24.3 Å². The van der Waals surface area contributed by atoms with Crippen molar-refractivity contribution in [2.45, 2.75) is 0 Å². The second-order valence-electron chi connectivity index (χ2n) is 3.43. The summed E-state index contributed by atoms with van der Waals surface area (Å²) in [4.78, 5) is 42.5. The molecular formula is C12H4Cl4O4. The van der Waals surface area contributed by atoms with Gasteiger partial charge in [-0.3, -0.25) is 19.2 Å². The Bertz CT molecular complexity index is 534. The predicted molar refractivity (Wildman–Crippen MR) is 75.8 cm³/mol. The van der Waals surface area contributed by atoms with Crippen molar-refractivity contribution >= 4 is 69.5 Å². The molecule has 0 aromatic rings. The monoisotopic (exact) mass is 352 g/mol. The number of halogens is 4. The Balaban J connectivity index is 0.000000200. The minimum absolute atomic E-state index is 0.127. The zero-order valence-electron chi connectivity index (χ0n) is 9.45. The molecule has 2 rings (SSSR count). The van der Waals surface area contributed by atoms with E-state index in [9.17, 15) is 19.2 Å². The molecule has 0 aromatic heterocycles. The summed E-state index contributed by atoms with van der Waals surface area (Å²) in [7, 11) is 0. The summed E-state index contributed by atoms with van der Waals surface area (Å²) in [6, 6.07) is 0. The van der Waals surface area contributed by atoms with Gasteiger partial charge in [0.05, 0.1) is 20.1 Å². The number of hydrogen-bond donors (Lipinski definition) is 0. The molecule has 2 aliphatic carbocycles. The fourth-order valence-electron chi connectivity index (χ4n) is 1.07. The van der Waals surface area contributed by atoms with Crippen LogP contribution in [-0.2, 0) is 19.2 Å². The molecule has 20 heavy (non-hydrogen) atoms. The van der Waals surface area contributed by atoms with Crippen LogP contribution < -0.4 is 0 Å². The number of Topliss-reactive ketones (excluding diaryl/α,β-unsaturated/α-hetero) is 2. The molecule has 0 saturated carbocycles. The van der Waals surface area contributed by atoms with E-state index in [1.165, 1.54) is 0 Å². The molecule has 0 bridgehead atoms. The number of allylic oxidation sites excluding steroid dienone is 8. The van der Waals surface area contributed by atoms with E-state index < -0.39 is 11.6 Å². The third-order valence-electron chi connectivity index (χ3n) is 1.94. The van der Waals surface area contributed by atoms with Gasteiger partial charge in [0.25, 0.3) is 0 Å². The first-order valence-electron chi connectivity index (χ1n) is 4.88. The van der Waals surface area contributed by atoms with Crippen molar-refractivity contribution in [3.8, 4) is 0 Å². The molecule has 0 heterocycles. The van der Waals surface area contributed by atoms with E-state index in [1.807, 2.05) is 0 Å². The first kappa shape index (κ1) is 16.9. The first-order valence-corrected chi connectivity index (χ1v) is 6.39. The second kappa shape index (κ2) is 6.99. The molecular weight excluding hydrogens is 350 g/mol. The highest BCUT2D eigenvalue weighted by atomic mass is 35.5. The Morgan fingerprint density at radius 1 is 0.500 bits per heavy atom. The van der Waals surface area contributed by atoms with Crippen LogP contribution in [0.4, 0.5) is 0 Å². The molecule has 0 amide bonds. The van der Waals surface area contributed by atoms with Crippen LogP contribution in [-0.4, -0.2) is 23.1 Å². The molecule has 0 spiro atoms. The topological polar surface area (TPSA) is 68.3 Å². The average molecular weight is 354 g/mol. The van der Waals surface area contributed by atoms with Gasteiger partial charge in [-0.15, -0.1) is 0 Å². The summed E-state index contributed by atoms with van der Waals surface area (Å²) in [6.07, 6.45) is 4.15. The van der Waals surface area contributed by atoms with Crippen molar-refractivity contribution in [3.63, 3.8) is 0 Å². The molecule has 0 radical (unpaired) electrons. The van der Waals surface area contributed by atoms with E-state index in [-0.39, 0.29) is 31.7 Å². The van der Waals surface area contributed by atoms with Crippen LogP contribution in [0.1, 0.15) is 0 Å². The summed E-state index contributed by atoms with van der Waals surface area (Å²) >= 11 is 21.3. The van der Waals surface area contributed by atoms with Gasteiger partial charge in [0.15, 0.2) is 11.6 Å². The van der Waals surface area contributed by atoms with Crippen LogP contribution in [0.2, 0.25) is 0 Å². The lowest BCUT2D eigenvalue weighted by Crippen LogP contribution is -2.07. The fraction of sp³-hybridized carbons (Fsp3) is 0. The Morgan fingerprint density at radius 2 is 0.700 bits per heavy atom. The second-order valence-corrected chi connectivity index (χ2v) is 5.06. The zero-order chi connectivity index (χ0) is 15.4. The Morgan fingerprint density at radius 3 is 0.900 bits per heavy atom. The van der Waals surface area contributed by atoms with E-state index >= 15 is 0 Å². The third-order valence-corrected chi connectivity index (χ3v) is 3.07. The van der Waals surface area contributed by atoms with Gasteiger partial charge in [-0.25, -0.2) is 0 Å². The first-order chi connectivity index (χ1) is 9.22. The number of ketones is 4. The highest BCUT2D eigenvalue weighted by Crippen LogP contribution is 2.19. The molecule has 0 saturated heterocycles. The molecule has 0 aliphatic heterocycles. The molecule has 2 aliphatic rings. The van der Waals surface area contributed by atoms with Crippen LogP contribution >= 0.6 is 46.4 Å². The Kier molecular flexibility index (Phi) is 5.89. The van der Waals surface area contributed by atoms with Crippen LogP contribution in [0.25, 0.3) is 0 Å². The summed E-state index contributed by atoms with van der Waals surface area (Å²) in [5, 5.41) is -0.509. The minimum atomic E-state index is -0.497. The van der Waals surface area contributed by atoms with Gasteiger partial charge < -0.3 is 0 Å². The van der Waals surface area contributed by atoms with Crippen LogP contribution in [0, 0.1) is 0 Å². The highest BCUT2D eigenvalue weighted by Gasteiger charge is 2.18. The molecule has 0 aromatic carbocycles. The van der Waals surface area contributed by atoms with E-state index in [0.717, 1.165) is 24.3 Å².